The highest BCUT2D eigenvalue weighted by molar-refractivity contribution is 7.87. The fraction of sp³-hybridized carbons (Fsp3) is 0.769. The highest BCUT2D eigenvalue weighted by atomic mass is 32.2. The van der Waals surface area contributed by atoms with Gasteiger partial charge in [-0.2, -0.15) is 12.7 Å². The molecule has 0 amide bonds. The van der Waals surface area contributed by atoms with Crippen LogP contribution in [0, 0.1) is 5.92 Å². The minimum absolute atomic E-state index is 0.176. The fourth-order valence-corrected chi connectivity index (χ4v) is 3.37. The molecule has 6 nitrogen and oxygen atoms in total. The third-order valence-corrected chi connectivity index (χ3v) is 4.86. The van der Waals surface area contributed by atoms with E-state index in [1.165, 1.54) is 4.31 Å². The quantitative estimate of drug-likeness (QED) is 0.433. The Morgan fingerprint density at radius 2 is 2.05 bits per heavy atom. The lowest BCUT2D eigenvalue weighted by Crippen LogP contribution is -2.46. The van der Waals surface area contributed by atoms with Gasteiger partial charge in [-0.15, -0.1) is 0 Å². The second-order valence-electron chi connectivity index (χ2n) is 4.68. The third-order valence-electron chi connectivity index (χ3n) is 3.24. The van der Waals surface area contributed by atoms with Gasteiger partial charge in [0.1, 0.15) is 0 Å². The average Bonchev–Trinajstić information content (AvgIpc) is 2.44. The molecule has 0 radical (unpaired) electrons. The van der Waals surface area contributed by atoms with Crippen LogP contribution in [0.2, 0.25) is 0 Å². The number of ether oxygens (including phenoxy) is 1. The second-order valence-corrected chi connectivity index (χ2v) is 6.44. The summed E-state index contributed by atoms with van der Waals surface area (Å²) >= 11 is 0. The van der Waals surface area contributed by atoms with Crippen LogP contribution in [0.3, 0.4) is 0 Å². The van der Waals surface area contributed by atoms with Gasteiger partial charge in [-0.3, -0.25) is 4.79 Å². The Balaban J connectivity index is 2.41. The number of carbonyl (C=O) groups is 1. The highest BCUT2D eigenvalue weighted by Gasteiger charge is 2.31. The number of nitrogens with one attached hydrogen (secondary N) is 1. The number of hydrogen-bond acceptors (Lipinski definition) is 4. The third kappa shape index (κ3) is 5.22. The predicted molar refractivity (Wildman–Crippen MR) is 77.3 cm³/mol. The lowest BCUT2D eigenvalue weighted by atomic mass is 9.98. The lowest BCUT2D eigenvalue weighted by Gasteiger charge is -2.29. The van der Waals surface area contributed by atoms with Gasteiger partial charge in [-0.25, -0.2) is 4.72 Å². The van der Waals surface area contributed by atoms with Crippen molar-refractivity contribution in [2.75, 3.05) is 26.2 Å². The van der Waals surface area contributed by atoms with Gasteiger partial charge in [-0.05, 0) is 33.1 Å². The molecule has 1 rings (SSSR count). The van der Waals surface area contributed by atoms with E-state index in [9.17, 15) is 13.2 Å². The van der Waals surface area contributed by atoms with Crippen molar-refractivity contribution in [3.05, 3.63) is 12.2 Å². The molecule has 116 valence electrons. The normalized spacial score (nSPS) is 18.5. The number of nitrogens with zero attached hydrogens (tertiary/aromatic N) is 1. The maximum atomic E-state index is 12.0. The van der Waals surface area contributed by atoms with E-state index in [2.05, 4.69) is 4.72 Å². The van der Waals surface area contributed by atoms with Crippen LogP contribution in [0.1, 0.15) is 33.1 Å². The van der Waals surface area contributed by atoms with E-state index in [1.807, 2.05) is 19.1 Å². The first-order valence-corrected chi connectivity index (χ1v) is 8.47. The number of piperidine rings is 1. The summed E-state index contributed by atoms with van der Waals surface area (Å²) in [5.41, 5.74) is 0. The van der Waals surface area contributed by atoms with Crippen LogP contribution in [0.25, 0.3) is 0 Å². The first kappa shape index (κ1) is 17.1. The summed E-state index contributed by atoms with van der Waals surface area (Å²) in [4.78, 5) is 11.6. The summed E-state index contributed by atoms with van der Waals surface area (Å²) in [6.45, 7) is 5.15. The summed E-state index contributed by atoms with van der Waals surface area (Å²) in [7, 11) is -3.43. The van der Waals surface area contributed by atoms with E-state index < -0.39 is 10.2 Å². The Bertz CT molecular complexity index is 426. The van der Waals surface area contributed by atoms with Crippen molar-refractivity contribution in [2.24, 2.45) is 5.92 Å². The van der Waals surface area contributed by atoms with Crippen LogP contribution in [-0.4, -0.2) is 44.9 Å². The van der Waals surface area contributed by atoms with Gasteiger partial charge in [-0.1, -0.05) is 12.2 Å². The summed E-state index contributed by atoms with van der Waals surface area (Å²) in [6.07, 6.45) is 5.52. The Hall–Kier alpha value is -0.920. The maximum absolute atomic E-state index is 12.0. The number of esters is 1. The van der Waals surface area contributed by atoms with Gasteiger partial charge in [0.15, 0.2) is 0 Å². The Morgan fingerprint density at radius 1 is 1.40 bits per heavy atom. The summed E-state index contributed by atoms with van der Waals surface area (Å²) in [6, 6.07) is 0. The summed E-state index contributed by atoms with van der Waals surface area (Å²) in [5, 5.41) is 0. The molecule has 0 aromatic rings. The Morgan fingerprint density at radius 3 is 2.60 bits per heavy atom. The lowest BCUT2D eigenvalue weighted by molar-refractivity contribution is -0.149. The van der Waals surface area contributed by atoms with Gasteiger partial charge in [0.05, 0.1) is 12.5 Å². The molecule has 1 heterocycles. The maximum Gasteiger partial charge on any atom is 0.309 e. The fourth-order valence-electron chi connectivity index (χ4n) is 2.12. The summed E-state index contributed by atoms with van der Waals surface area (Å²) in [5.74, 6) is -0.394. The van der Waals surface area contributed by atoms with Gasteiger partial charge in [0.25, 0.3) is 10.2 Å². The van der Waals surface area contributed by atoms with Gasteiger partial charge in [0.2, 0.25) is 0 Å². The molecule has 0 saturated carbocycles. The topological polar surface area (TPSA) is 75.7 Å². The largest absolute Gasteiger partial charge is 0.466 e. The molecule has 0 aromatic carbocycles. The average molecular weight is 304 g/mol. The first-order valence-electron chi connectivity index (χ1n) is 7.03. The zero-order valence-electron chi connectivity index (χ0n) is 12.2. The van der Waals surface area contributed by atoms with Crippen molar-refractivity contribution in [1.82, 2.24) is 9.03 Å². The molecule has 7 heteroatoms. The van der Waals surface area contributed by atoms with Crippen molar-refractivity contribution in [1.29, 1.82) is 0 Å². The van der Waals surface area contributed by atoms with Crippen molar-refractivity contribution >= 4 is 16.2 Å². The predicted octanol–water partition coefficient (Wildman–Crippen LogP) is 1.06. The summed E-state index contributed by atoms with van der Waals surface area (Å²) < 4.78 is 33.0. The van der Waals surface area contributed by atoms with Crippen molar-refractivity contribution in [3.63, 3.8) is 0 Å². The smallest absolute Gasteiger partial charge is 0.309 e. The molecule has 0 aliphatic carbocycles. The van der Waals surface area contributed by atoms with Gasteiger partial charge < -0.3 is 4.74 Å². The molecular weight excluding hydrogens is 280 g/mol. The molecule has 20 heavy (non-hydrogen) atoms. The molecule has 0 unspecified atom stereocenters. The van der Waals surface area contributed by atoms with E-state index >= 15 is 0 Å². The van der Waals surface area contributed by atoms with E-state index in [0.29, 0.717) is 45.5 Å². The number of hydrogen-bond donors (Lipinski definition) is 1. The molecule has 0 atom stereocenters. The van der Waals surface area contributed by atoms with Gasteiger partial charge in [0, 0.05) is 19.6 Å². The van der Waals surface area contributed by atoms with E-state index in [-0.39, 0.29) is 11.9 Å². The zero-order valence-corrected chi connectivity index (χ0v) is 13.0. The first-order chi connectivity index (χ1) is 9.51. The number of carbonyl (C=O) groups excluding carboxylic acids is 1. The molecule has 1 aliphatic heterocycles. The zero-order chi connectivity index (χ0) is 15.0. The molecule has 0 bridgehead atoms. The van der Waals surface area contributed by atoms with Crippen LogP contribution in [0.5, 0.6) is 0 Å². The number of rotatable bonds is 7. The minimum atomic E-state index is -3.43. The molecule has 0 spiro atoms. The Kier molecular flexibility index (Phi) is 7.18. The van der Waals surface area contributed by atoms with Crippen LogP contribution in [0.4, 0.5) is 0 Å². The van der Waals surface area contributed by atoms with Crippen molar-refractivity contribution in [2.45, 2.75) is 33.1 Å². The monoisotopic (exact) mass is 304 g/mol. The molecule has 1 saturated heterocycles. The van der Waals surface area contributed by atoms with Crippen LogP contribution in [0.15, 0.2) is 12.2 Å². The molecule has 1 aliphatic rings. The van der Waals surface area contributed by atoms with Crippen LogP contribution in [-0.2, 0) is 19.7 Å². The van der Waals surface area contributed by atoms with E-state index in [4.69, 9.17) is 4.74 Å². The van der Waals surface area contributed by atoms with Crippen molar-refractivity contribution in [3.8, 4) is 0 Å². The van der Waals surface area contributed by atoms with E-state index in [0.717, 1.165) is 0 Å². The number of allylic oxidation sites excluding steroid dienone is 1. The van der Waals surface area contributed by atoms with Gasteiger partial charge >= 0.3 is 5.97 Å². The van der Waals surface area contributed by atoms with E-state index in [1.54, 1.807) is 6.92 Å². The van der Waals surface area contributed by atoms with Crippen LogP contribution < -0.4 is 4.72 Å². The molecule has 1 N–H and O–H groups in total. The molecular formula is C13H24N2O4S. The molecule has 0 aromatic heterocycles. The SMILES string of the molecule is C/C=C/CCNS(=O)(=O)N1CCC(C(=O)OCC)CC1. The molecule has 1 fully saturated rings. The van der Waals surface area contributed by atoms with Crippen LogP contribution >= 0.6 is 0 Å². The minimum Gasteiger partial charge on any atom is -0.466 e. The standard InChI is InChI=1S/C13H24N2O4S/c1-3-5-6-9-14-20(17,18)15-10-7-12(8-11-15)13(16)19-4-2/h3,5,12,14H,4,6-11H2,1-2H3/b5-3+. The second kappa shape index (κ2) is 8.39. The van der Waals surface area contributed by atoms with Crippen molar-refractivity contribution < 1.29 is 17.9 Å². The Labute approximate surface area is 121 Å². The highest BCUT2D eigenvalue weighted by Crippen LogP contribution is 2.20.